The van der Waals surface area contributed by atoms with E-state index >= 15 is 0 Å². The van der Waals surface area contributed by atoms with Gasteiger partial charge in [-0.2, -0.15) is 0 Å². The lowest BCUT2D eigenvalue weighted by Gasteiger charge is -2.30. The summed E-state index contributed by atoms with van der Waals surface area (Å²) in [5, 5.41) is 6.69. The van der Waals surface area contributed by atoms with Crippen LogP contribution in [0.5, 0.6) is 0 Å². The molecule has 0 aromatic heterocycles. The summed E-state index contributed by atoms with van der Waals surface area (Å²) in [6.45, 7) is 10.2. The summed E-state index contributed by atoms with van der Waals surface area (Å²) in [6.07, 6.45) is 4.02. The fourth-order valence-electron chi connectivity index (χ4n) is 3.27. The van der Waals surface area contributed by atoms with Crippen molar-refractivity contribution in [3.05, 3.63) is 0 Å². The summed E-state index contributed by atoms with van der Waals surface area (Å²) >= 11 is 0. The number of nitrogens with two attached hydrogens (primary N) is 1. The molecule has 8 heteroatoms. The first-order valence-electron chi connectivity index (χ1n) is 10.3. The van der Waals surface area contributed by atoms with Crippen LogP contribution in [-0.2, 0) is 9.53 Å². The number of aliphatic imine (C=N–C) groups is 1. The highest BCUT2D eigenvalue weighted by Gasteiger charge is 2.23. The molecule has 1 unspecified atom stereocenters. The molecule has 0 aliphatic carbocycles. The van der Waals surface area contributed by atoms with Gasteiger partial charge in [0.25, 0.3) is 0 Å². The molecule has 0 spiro atoms. The monoisotopic (exact) mass is 384 g/mol. The standard InChI is InChI=1S/C19H40N6O2/c1-4-21-19(23-10-14-24(2)11-7-15-27-3)22-9-6-13-25-12-5-8-17(16-25)18(20)26/h17H,4-16H2,1-3H3,(H2,20,26)(H2,21,22,23). The van der Waals surface area contributed by atoms with Crippen molar-refractivity contribution in [2.75, 3.05) is 73.1 Å². The average molecular weight is 385 g/mol. The number of carbonyl (C=O) groups excluding carboxylic acids is 1. The van der Waals surface area contributed by atoms with E-state index in [9.17, 15) is 4.79 Å². The molecule has 4 N–H and O–H groups in total. The number of amides is 1. The van der Waals surface area contributed by atoms with E-state index in [0.29, 0.717) is 0 Å². The smallest absolute Gasteiger partial charge is 0.221 e. The van der Waals surface area contributed by atoms with E-state index in [1.54, 1.807) is 7.11 Å². The van der Waals surface area contributed by atoms with Gasteiger partial charge < -0.3 is 30.9 Å². The summed E-state index contributed by atoms with van der Waals surface area (Å²) < 4.78 is 5.09. The molecule has 0 aromatic carbocycles. The first-order valence-corrected chi connectivity index (χ1v) is 10.3. The van der Waals surface area contributed by atoms with Crippen molar-refractivity contribution in [3.63, 3.8) is 0 Å². The number of likely N-dealkylation sites (tertiary alicyclic amines) is 1. The Bertz CT molecular complexity index is 432. The molecule has 1 fully saturated rings. The number of hydrogen-bond acceptors (Lipinski definition) is 5. The number of hydrogen-bond donors (Lipinski definition) is 3. The summed E-state index contributed by atoms with van der Waals surface area (Å²) in [5.74, 6) is 0.724. The highest BCUT2D eigenvalue weighted by Crippen LogP contribution is 2.15. The maximum absolute atomic E-state index is 11.4. The van der Waals surface area contributed by atoms with Crippen LogP contribution >= 0.6 is 0 Å². The van der Waals surface area contributed by atoms with Gasteiger partial charge in [0.2, 0.25) is 5.91 Å². The molecule has 1 heterocycles. The second-order valence-electron chi connectivity index (χ2n) is 7.23. The minimum absolute atomic E-state index is 0.0158. The molecule has 1 amide bonds. The fourth-order valence-corrected chi connectivity index (χ4v) is 3.27. The lowest BCUT2D eigenvalue weighted by Crippen LogP contribution is -2.42. The third-order valence-electron chi connectivity index (χ3n) is 4.83. The number of guanidine groups is 1. The Morgan fingerprint density at radius 1 is 1.33 bits per heavy atom. The summed E-state index contributed by atoms with van der Waals surface area (Å²) in [7, 11) is 3.86. The Balaban J connectivity index is 2.23. The van der Waals surface area contributed by atoms with Gasteiger partial charge in [-0.15, -0.1) is 0 Å². The maximum Gasteiger partial charge on any atom is 0.221 e. The summed E-state index contributed by atoms with van der Waals surface area (Å²) in [6, 6.07) is 0. The predicted octanol–water partition coefficient (Wildman–Crippen LogP) is 0.0972. The molecule has 0 aromatic rings. The van der Waals surface area contributed by atoms with Crippen LogP contribution in [0.1, 0.15) is 32.6 Å². The van der Waals surface area contributed by atoms with Crippen LogP contribution in [0.3, 0.4) is 0 Å². The topological polar surface area (TPSA) is 95.2 Å². The molecular weight excluding hydrogens is 344 g/mol. The van der Waals surface area contributed by atoms with Gasteiger partial charge in [0, 0.05) is 53.0 Å². The van der Waals surface area contributed by atoms with Crippen LogP contribution in [0.2, 0.25) is 0 Å². The Morgan fingerprint density at radius 2 is 2.15 bits per heavy atom. The van der Waals surface area contributed by atoms with Crippen LogP contribution in [0.4, 0.5) is 0 Å². The van der Waals surface area contributed by atoms with Crippen molar-refractivity contribution >= 4 is 11.9 Å². The zero-order chi connectivity index (χ0) is 19.9. The van der Waals surface area contributed by atoms with Crippen LogP contribution in [0.15, 0.2) is 4.99 Å². The lowest BCUT2D eigenvalue weighted by molar-refractivity contribution is -0.123. The van der Waals surface area contributed by atoms with Gasteiger partial charge in [0.05, 0.1) is 5.92 Å². The zero-order valence-corrected chi connectivity index (χ0v) is 17.5. The van der Waals surface area contributed by atoms with Crippen LogP contribution in [-0.4, -0.2) is 94.8 Å². The van der Waals surface area contributed by atoms with Crippen molar-refractivity contribution in [3.8, 4) is 0 Å². The van der Waals surface area contributed by atoms with E-state index in [2.05, 4.69) is 39.4 Å². The number of carbonyl (C=O) groups is 1. The van der Waals surface area contributed by atoms with Gasteiger partial charge in [0.15, 0.2) is 5.96 Å². The van der Waals surface area contributed by atoms with Crippen molar-refractivity contribution in [2.45, 2.75) is 32.6 Å². The molecule has 1 aliphatic rings. The molecule has 1 saturated heterocycles. The minimum Gasteiger partial charge on any atom is -0.385 e. The third-order valence-corrected chi connectivity index (χ3v) is 4.83. The van der Waals surface area contributed by atoms with E-state index in [1.165, 1.54) is 0 Å². The highest BCUT2D eigenvalue weighted by molar-refractivity contribution is 5.79. The summed E-state index contributed by atoms with van der Waals surface area (Å²) in [5.41, 5.74) is 5.45. The average Bonchev–Trinajstić information content (AvgIpc) is 2.65. The number of methoxy groups -OCH3 is 1. The quantitative estimate of drug-likeness (QED) is 0.237. The number of piperidine rings is 1. The molecule has 1 aliphatic heterocycles. The Labute approximate surface area is 164 Å². The normalized spacial score (nSPS) is 18.7. The largest absolute Gasteiger partial charge is 0.385 e. The van der Waals surface area contributed by atoms with E-state index in [-0.39, 0.29) is 11.8 Å². The van der Waals surface area contributed by atoms with Crippen LogP contribution in [0, 0.1) is 5.92 Å². The predicted molar refractivity (Wildman–Crippen MR) is 111 cm³/mol. The molecule has 0 saturated carbocycles. The van der Waals surface area contributed by atoms with Crippen molar-refractivity contribution < 1.29 is 9.53 Å². The second kappa shape index (κ2) is 14.6. The first-order chi connectivity index (χ1) is 13.1. The Hall–Kier alpha value is -1.38. The highest BCUT2D eigenvalue weighted by atomic mass is 16.5. The third kappa shape index (κ3) is 11.1. The first kappa shape index (κ1) is 23.7. The van der Waals surface area contributed by atoms with Gasteiger partial charge in [-0.1, -0.05) is 0 Å². The number of ether oxygens (including phenoxy) is 1. The zero-order valence-electron chi connectivity index (χ0n) is 17.5. The summed E-state index contributed by atoms with van der Waals surface area (Å²) in [4.78, 5) is 20.7. The molecule has 8 nitrogen and oxygen atoms in total. The van der Waals surface area contributed by atoms with Gasteiger partial charge in [-0.05, 0) is 52.7 Å². The van der Waals surface area contributed by atoms with Gasteiger partial charge in [-0.25, -0.2) is 0 Å². The fraction of sp³-hybridized carbons (Fsp3) is 0.895. The van der Waals surface area contributed by atoms with Gasteiger partial charge in [0.1, 0.15) is 0 Å². The SMILES string of the molecule is CCNC(=NCCCN1CCCC(C(N)=O)C1)NCCN(C)CCCOC. The van der Waals surface area contributed by atoms with Gasteiger partial charge in [-0.3, -0.25) is 9.79 Å². The van der Waals surface area contributed by atoms with E-state index in [0.717, 1.165) is 90.6 Å². The maximum atomic E-state index is 11.4. The van der Waals surface area contributed by atoms with Crippen molar-refractivity contribution in [1.82, 2.24) is 20.4 Å². The number of likely N-dealkylation sites (N-methyl/N-ethyl adjacent to an activating group) is 1. The van der Waals surface area contributed by atoms with Crippen molar-refractivity contribution in [2.24, 2.45) is 16.6 Å². The molecule has 0 radical (unpaired) electrons. The molecule has 0 bridgehead atoms. The van der Waals surface area contributed by atoms with E-state index in [1.807, 2.05) is 0 Å². The molecular formula is C19H40N6O2. The molecule has 1 atom stereocenters. The Morgan fingerprint density at radius 3 is 2.85 bits per heavy atom. The molecule has 1 rings (SSSR count). The molecule has 27 heavy (non-hydrogen) atoms. The van der Waals surface area contributed by atoms with Gasteiger partial charge >= 0.3 is 0 Å². The Kier molecular flexibility index (Phi) is 12.8. The van der Waals surface area contributed by atoms with E-state index in [4.69, 9.17) is 10.5 Å². The number of nitrogens with one attached hydrogen (secondary N) is 2. The van der Waals surface area contributed by atoms with Crippen LogP contribution in [0.25, 0.3) is 0 Å². The number of rotatable bonds is 13. The molecule has 158 valence electrons. The number of nitrogens with zero attached hydrogens (tertiary/aromatic N) is 3. The second-order valence-corrected chi connectivity index (χ2v) is 7.23. The van der Waals surface area contributed by atoms with Crippen LogP contribution < -0.4 is 16.4 Å². The van der Waals surface area contributed by atoms with E-state index < -0.39 is 0 Å². The number of primary amides is 1. The lowest BCUT2D eigenvalue weighted by atomic mass is 9.97. The van der Waals surface area contributed by atoms with Crippen molar-refractivity contribution in [1.29, 1.82) is 0 Å². The minimum atomic E-state index is -0.163.